The first kappa shape index (κ1) is 7.57. The van der Waals surface area contributed by atoms with E-state index in [4.69, 9.17) is 0 Å². The van der Waals surface area contributed by atoms with E-state index in [0.29, 0.717) is 11.5 Å². The van der Waals surface area contributed by atoms with Gasteiger partial charge in [0.1, 0.15) is 5.52 Å². The maximum absolute atomic E-state index is 4.27. The number of hydrogen-bond donors (Lipinski definition) is 1. The van der Waals surface area contributed by atoms with Gasteiger partial charge in [0, 0.05) is 11.6 Å². The molecule has 3 heterocycles. The molecule has 0 fully saturated rings. The number of nitrogens with one attached hydrogen (secondary N) is 1. The molecule has 0 aliphatic heterocycles. The van der Waals surface area contributed by atoms with Crippen molar-refractivity contribution in [1.29, 1.82) is 0 Å². The van der Waals surface area contributed by atoms with Crippen LogP contribution in [0.15, 0.2) is 24.1 Å². The minimum Gasteiger partial charge on any atom is -0.342 e. The van der Waals surface area contributed by atoms with Gasteiger partial charge in [0.25, 0.3) is 0 Å². The molecule has 14 heavy (non-hydrogen) atoms. The minimum atomic E-state index is 0.625. The summed E-state index contributed by atoms with van der Waals surface area (Å²) in [5, 5.41) is 2.71. The number of H-pyrrole nitrogens is 1. The van der Waals surface area contributed by atoms with Crippen molar-refractivity contribution in [1.82, 2.24) is 24.9 Å². The van der Waals surface area contributed by atoms with Crippen molar-refractivity contribution in [3.63, 3.8) is 0 Å². The third-order valence-electron chi connectivity index (χ3n) is 1.80. The highest BCUT2D eigenvalue weighted by atomic mass is 32.1. The van der Waals surface area contributed by atoms with Crippen LogP contribution in [-0.4, -0.2) is 24.9 Å². The molecule has 6 heteroatoms. The Labute approximate surface area is 82.9 Å². The fourth-order valence-corrected chi connectivity index (χ4v) is 1.75. The van der Waals surface area contributed by atoms with Gasteiger partial charge in [0.15, 0.2) is 16.5 Å². The fourth-order valence-electron chi connectivity index (χ4n) is 1.17. The van der Waals surface area contributed by atoms with E-state index in [9.17, 15) is 0 Å². The van der Waals surface area contributed by atoms with Gasteiger partial charge in [0.05, 0.1) is 12.5 Å². The van der Waals surface area contributed by atoms with Gasteiger partial charge in [-0.3, -0.25) is 0 Å². The molecule has 0 spiro atoms. The van der Waals surface area contributed by atoms with E-state index in [2.05, 4.69) is 24.9 Å². The maximum atomic E-state index is 4.27. The molecule has 68 valence electrons. The lowest BCUT2D eigenvalue weighted by molar-refractivity contribution is 1.19. The fraction of sp³-hybridized carbons (Fsp3) is 0. The van der Waals surface area contributed by atoms with E-state index in [1.165, 1.54) is 11.3 Å². The largest absolute Gasteiger partial charge is 0.342 e. The summed E-state index contributed by atoms with van der Waals surface area (Å²) in [5.41, 5.74) is 1.51. The molecule has 3 aromatic rings. The number of fused-ring (bicyclic) bond motifs is 1. The van der Waals surface area contributed by atoms with Gasteiger partial charge in [0.2, 0.25) is 0 Å². The van der Waals surface area contributed by atoms with E-state index in [1.807, 2.05) is 5.38 Å². The van der Waals surface area contributed by atoms with Crippen molar-refractivity contribution in [3.05, 3.63) is 24.1 Å². The summed E-state index contributed by atoms with van der Waals surface area (Å²) in [6.07, 6.45) is 5.05. The molecule has 0 radical (unpaired) electrons. The number of nitrogens with zero attached hydrogens (tertiary/aromatic N) is 4. The molecule has 0 aromatic carbocycles. The van der Waals surface area contributed by atoms with E-state index in [0.717, 1.165) is 10.5 Å². The monoisotopic (exact) mass is 203 g/mol. The number of hydrogen-bond acceptors (Lipinski definition) is 5. The Balaban J connectivity index is 2.23. The van der Waals surface area contributed by atoms with Crippen molar-refractivity contribution in [2.45, 2.75) is 0 Å². The van der Waals surface area contributed by atoms with E-state index >= 15 is 0 Å². The summed E-state index contributed by atoms with van der Waals surface area (Å²) in [6, 6.07) is 0. The highest BCUT2D eigenvalue weighted by molar-refractivity contribution is 7.13. The smallest absolute Gasteiger partial charge is 0.190 e. The summed E-state index contributed by atoms with van der Waals surface area (Å²) in [7, 11) is 0. The second kappa shape index (κ2) is 2.85. The minimum absolute atomic E-state index is 0.625. The van der Waals surface area contributed by atoms with Crippen molar-refractivity contribution < 1.29 is 0 Å². The first-order valence-electron chi connectivity index (χ1n) is 3.99. The molecule has 0 atom stereocenters. The molecular weight excluding hydrogens is 198 g/mol. The van der Waals surface area contributed by atoms with Crippen LogP contribution in [-0.2, 0) is 0 Å². The van der Waals surface area contributed by atoms with Gasteiger partial charge in [-0.25, -0.2) is 19.9 Å². The highest BCUT2D eigenvalue weighted by Crippen LogP contribution is 2.18. The zero-order valence-electron chi connectivity index (χ0n) is 7.01. The molecule has 1 N–H and O–H groups in total. The SMILES string of the molecule is c1csc(-c2ncc3[nH]cnc3n2)n1. The van der Waals surface area contributed by atoms with E-state index < -0.39 is 0 Å². The lowest BCUT2D eigenvalue weighted by Crippen LogP contribution is -1.88. The van der Waals surface area contributed by atoms with Crippen molar-refractivity contribution in [2.24, 2.45) is 0 Å². The summed E-state index contributed by atoms with van der Waals surface area (Å²) < 4.78 is 0. The van der Waals surface area contributed by atoms with E-state index in [-0.39, 0.29) is 0 Å². The van der Waals surface area contributed by atoms with Crippen molar-refractivity contribution in [3.8, 4) is 10.8 Å². The van der Waals surface area contributed by atoms with Crippen LogP contribution in [0.25, 0.3) is 22.0 Å². The average Bonchev–Trinajstić information content (AvgIpc) is 2.88. The van der Waals surface area contributed by atoms with Gasteiger partial charge < -0.3 is 4.98 Å². The zero-order valence-corrected chi connectivity index (χ0v) is 7.82. The quantitative estimate of drug-likeness (QED) is 0.650. The maximum Gasteiger partial charge on any atom is 0.190 e. The molecule has 0 saturated carbocycles. The third kappa shape index (κ3) is 1.08. The molecule has 0 aliphatic rings. The lowest BCUT2D eigenvalue weighted by atomic mass is 10.5. The topological polar surface area (TPSA) is 67.3 Å². The summed E-state index contributed by atoms with van der Waals surface area (Å²) in [6.45, 7) is 0. The summed E-state index contributed by atoms with van der Waals surface area (Å²) in [4.78, 5) is 19.6. The van der Waals surface area contributed by atoms with Gasteiger partial charge in [-0.1, -0.05) is 0 Å². The van der Waals surface area contributed by atoms with Crippen LogP contribution in [0.4, 0.5) is 0 Å². The molecule has 3 rings (SSSR count). The number of aromatic amines is 1. The molecular formula is C8H5N5S. The van der Waals surface area contributed by atoms with Crippen LogP contribution in [0.1, 0.15) is 0 Å². The highest BCUT2D eigenvalue weighted by Gasteiger charge is 2.05. The lowest BCUT2D eigenvalue weighted by Gasteiger charge is -1.92. The molecule has 3 aromatic heterocycles. The van der Waals surface area contributed by atoms with Gasteiger partial charge in [-0.2, -0.15) is 0 Å². The zero-order chi connectivity index (χ0) is 9.38. The Kier molecular flexibility index (Phi) is 1.54. The standard InChI is InChI=1S/C8H5N5S/c1-2-14-8(9-1)7-10-3-5-6(13-7)12-4-11-5/h1-4H,(H,10,11,12,13). The van der Waals surface area contributed by atoms with Crippen LogP contribution in [0.3, 0.4) is 0 Å². The third-order valence-corrected chi connectivity index (χ3v) is 2.57. The predicted molar refractivity (Wildman–Crippen MR) is 52.8 cm³/mol. The number of imidazole rings is 1. The molecule has 0 amide bonds. The van der Waals surface area contributed by atoms with Gasteiger partial charge >= 0.3 is 0 Å². The van der Waals surface area contributed by atoms with Crippen LogP contribution < -0.4 is 0 Å². The second-order valence-electron chi connectivity index (χ2n) is 2.67. The Morgan fingerprint density at radius 3 is 3.07 bits per heavy atom. The predicted octanol–water partition coefficient (Wildman–Crippen LogP) is 1.48. The normalized spacial score (nSPS) is 10.9. The van der Waals surface area contributed by atoms with Crippen molar-refractivity contribution >= 4 is 22.5 Å². The Morgan fingerprint density at radius 2 is 2.21 bits per heavy atom. The first-order chi connectivity index (χ1) is 6.93. The number of thiazole rings is 1. The van der Waals surface area contributed by atoms with Crippen LogP contribution >= 0.6 is 11.3 Å². The molecule has 0 saturated heterocycles. The first-order valence-corrected chi connectivity index (χ1v) is 4.87. The van der Waals surface area contributed by atoms with Crippen LogP contribution in [0.5, 0.6) is 0 Å². The average molecular weight is 203 g/mol. The van der Waals surface area contributed by atoms with Gasteiger partial charge in [-0.15, -0.1) is 11.3 Å². The second-order valence-corrected chi connectivity index (χ2v) is 3.57. The molecule has 0 unspecified atom stereocenters. The van der Waals surface area contributed by atoms with Crippen LogP contribution in [0, 0.1) is 0 Å². The van der Waals surface area contributed by atoms with Gasteiger partial charge in [-0.05, 0) is 0 Å². The van der Waals surface area contributed by atoms with E-state index in [1.54, 1.807) is 18.7 Å². The molecule has 0 bridgehead atoms. The Hall–Kier alpha value is -1.82. The molecule has 5 nitrogen and oxygen atoms in total. The summed E-state index contributed by atoms with van der Waals surface area (Å²) >= 11 is 1.51. The van der Waals surface area contributed by atoms with Crippen molar-refractivity contribution in [2.75, 3.05) is 0 Å². The molecule has 0 aliphatic carbocycles. The number of rotatable bonds is 1. The number of aromatic nitrogens is 5. The summed E-state index contributed by atoms with van der Waals surface area (Å²) in [5.74, 6) is 0.625. The Bertz CT molecular complexity index is 556. The van der Waals surface area contributed by atoms with Crippen LogP contribution in [0.2, 0.25) is 0 Å². The Morgan fingerprint density at radius 1 is 1.21 bits per heavy atom.